The van der Waals surface area contributed by atoms with E-state index in [4.69, 9.17) is 4.74 Å². The summed E-state index contributed by atoms with van der Waals surface area (Å²) >= 11 is 1.96. The molecular weight excluding hydrogens is 258 g/mol. The van der Waals surface area contributed by atoms with Gasteiger partial charge in [-0.1, -0.05) is 12.1 Å². The first-order chi connectivity index (χ1) is 9.32. The summed E-state index contributed by atoms with van der Waals surface area (Å²) in [6.07, 6.45) is 6.25. The van der Waals surface area contributed by atoms with E-state index in [1.165, 1.54) is 12.2 Å². The molecule has 1 aromatic carbocycles. The molecule has 2 fully saturated rings. The van der Waals surface area contributed by atoms with Gasteiger partial charge in [0.1, 0.15) is 11.9 Å². The molecule has 100 valence electrons. The lowest BCUT2D eigenvalue weighted by atomic mass is 10.1. The van der Waals surface area contributed by atoms with Gasteiger partial charge in [-0.05, 0) is 49.1 Å². The standard InChI is InChI=1S/C15H17NO2S/c17-11-16-15(6-7-15)12-3-1-4-13(9-12)18-14-5-2-8-19-10-14/h1,3-4,9,14H,2,5-8,10H2. The third-order valence-electron chi connectivity index (χ3n) is 3.78. The molecule has 1 aliphatic carbocycles. The Morgan fingerprint density at radius 2 is 2.32 bits per heavy atom. The zero-order chi connectivity index (χ0) is 13.1. The summed E-state index contributed by atoms with van der Waals surface area (Å²) in [6, 6.07) is 8.04. The molecule has 1 aliphatic heterocycles. The molecule has 19 heavy (non-hydrogen) atoms. The third kappa shape index (κ3) is 2.85. The predicted molar refractivity (Wildman–Crippen MR) is 76.5 cm³/mol. The summed E-state index contributed by atoms with van der Waals surface area (Å²) in [6.45, 7) is 0. The van der Waals surface area contributed by atoms with Crippen LogP contribution >= 0.6 is 11.8 Å². The summed E-state index contributed by atoms with van der Waals surface area (Å²) in [5.74, 6) is 3.22. The molecule has 0 aromatic heterocycles. The fraction of sp³-hybridized carbons (Fsp3) is 0.533. The first kappa shape index (κ1) is 12.8. The van der Waals surface area contributed by atoms with Crippen LogP contribution < -0.4 is 4.74 Å². The van der Waals surface area contributed by atoms with Crippen molar-refractivity contribution in [2.75, 3.05) is 11.5 Å². The second-order valence-corrected chi connectivity index (χ2v) is 6.37. The second kappa shape index (κ2) is 5.40. The van der Waals surface area contributed by atoms with Gasteiger partial charge in [0.25, 0.3) is 0 Å². The summed E-state index contributed by atoms with van der Waals surface area (Å²) in [5, 5.41) is 0. The molecule has 3 rings (SSSR count). The first-order valence-electron chi connectivity index (χ1n) is 6.76. The van der Waals surface area contributed by atoms with Crippen LogP contribution in [0.4, 0.5) is 0 Å². The van der Waals surface area contributed by atoms with Crippen molar-refractivity contribution < 1.29 is 9.53 Å². The van der Waals surface area contributed by atoms with Crippen molar-refractivity contribution in [3.63, 3.8) is 0 Å². The molecule has 1 unspecified atom stereocenters. The minimum Gasteiger partial charge on any atom is -0.490 e. The zero-order valence-electron chi connectivity index (χ0n) is 10.8. The van der Waals surface area contributed by atoms with Crippen molar-refractivity contribution in [1.82, 2.24) is 0 Å². The highest BCUT2D eigenvalue weighted by atomic mass is 32.2. The van der Waals surface area contributed by atoms with E-state index in [0.29, 0.717) is 6.10 Å². The lowest BCUT2D eigenvalue weighted by Gasteiger charge is -2.23. The van der Waals surface area contributed by atoms with E-state index in [1.807, 2.05) is 36.0 Å². The third-order valence-corrected chi connectivity index (χ3v) is 4.96. The Hall–Kier alpha value is -1.25. The molecule has 1 saturated carbocycles. The summed E-state index contributed by atoms with van der Waals surface area (Å²) in [4.78, 5) is 14.5. The molecule has 4 heteroatoms. The van der Waals surface area contributed by atoms with Crippen molar-refractivity contribution in [3.8, 4) is 5.75 Å². The van der Waals surface area contributed by atoms with Gasteiger partial charge in [0.15, 0.2) is 0 Å². The van der Waals surface area contributed by atoms with Gasteiger partial charge < -0.3 is 4.74 Å². The van der Waals surface area contributed by atoms with Crippen LogP contribution in [0.1, 0.15) is 31.2 Å². The van der Waals surface area contributed by atoms with Crippen LogP contribution in [0.15, 0.2) is 29.3 Å². The highest BCUT2D eigenvalue weighted by molar-refractivity contribution is 7.99. The first-order valence-corrected chi connectivity index (χ1v) is 7.92. The number of rotatable bonds is 4. The van der Waals surface area contributed by atoms with Crippen molar-refractivity contribution in [2.24, 2.45) is 4.99 Å². The van der Waals surface area contributed by atoms with Crippen LogP contribution in [0, 0.1) is 0 Å². The molecule has 2 aliphatic rings. The Morgan fingerprint density at radius 1 is 1.42 bits per heavy atom. The number of hydrogen-bond acceptors (Lipinski definition) is 4. The molecule has 0 amide bonds. The topological polar surface area (TPSA) is 38.7 Å². The van der Waals surface area contributed by atoms with Crippen LogP contribution in [0.5, 0.6) is 5.75 Å². The van der Waals surface area contributed by atoms with Gasteiger partial charge in [-0.2, -0.15) is 16.8 Å². The van der Waals surface area contributed by atoms with Gasteiger partial charge in [-0.15, -0.1) is 0 Å². The summed E-state index contributed by atoms with van der Waals surface area (Å²) in [7, 11) is 0. The Bertz CT molecular complexity index is 501. The highest BCUT2D eigenvalue weighted by Gasteiger charge is 2.44. The van der Waals surface area contributed by atoms with Gasteiger partial charge in [0, 0.05) is 5.75 Å². The molecule has 0 bridgehead atoms. The number of hydrogen-bond donors (Lipinski definition) is 0. The maximum absolute atomic E-state index is 10.5. The van der Waals surface area contributed by atoms with Crippen LogP contribution in [0.3, 0.4) is 0 Å². The Morgan fingerprint density at radius 3 is 3.00 bits per heavy atom. The van der Waals surface area contributed by atoms with E-state index in [-0.39, 0.29) is 5.54 Å². The van der Waals surface area contributed by atoms with Gasteiger partial charge in [0.2, 0.25) is 6.08 Å². The minimum absolute atomic E-state index is 0.303. The smallest absolute Gasteiger partial charge is 0.235 e. The molecular formula is C15H17NO2S. The average Bonchev–Trinajstić information content (AvgIpc) is 3.22. The van der Waals surface area contributed by atoms with Crippen LogP contribution in [-0.2, 0) is 10.3 Å². The highest BCUT2D eigenvalue weighted by Crippen LogP contribution is 2.49. The molecule has 1 atom stereocenters. The van der Waals surface area contributed by atoms with Crippen LogP contribution in [-0.4, -0.2) is 23.7 Å². The zero-order valence-corrected chi connectivity index (χ0v) is 11.6. The molecule has 1 aromatic rings. The average molecular weight is 275 g/mol. The number of carbonyl (C=O) groups excluding carboxylic acids is 1. The maximum Gasteiger partial charge on any atom is 0.235 e. The van der Waals surface area contributed by atoms with Gasteiger partial charge in [-0.25, -0.2) is 4.79 Å². The van der Waals surface area contributed by atoms with Crippen LogP contribution in [0.2, 0.25) is 0 Å². The van der Waals surface area contributed by atoms with E-state index in [0.717, 1.165) is 36.3 Å². The van der Waals surface area contributed by atoms with E-state index < -0.39 is 0 Å². The summed E-state index contributed by atoms with van der Waals surface area (Å²) in [5.41, 5.74) is 0.777. The number of isocyanates is 1. The monoisotopic (exact) mass is 275 g/mol. The number of ether oxygens (including phenoxy) is 1. The Balaban J connectivity index is 1.74. The fourth-order valence-electron chi connectivity index (χ4n) is 2.53. The van der Waals surface area contributed by atoms with Gasteiger partial charge in [0.05, 0.1) is 5.54 Å². The van der Waals surface area contributed by atoms with Crippen molar-refractivity contribution >= 4 is 17.8 Å². The van der Waals surface area contributed by atoms with E-state index in [1.54, 1.807) is 6.08 Å². The fourth-order valence-corrected chi connectivity index (χ4v) is 3.56. The Kier molecular flexibility index (Phi) is 3.63. The quantitative estimate of drug-likeness (QED) is 0.625. The predicted octanol–water partition coefficient (Wildman–Crippen LogP) is 3.29. The van der Waals surface area contributed by atoms with Crippen molar-refractivity contribution in [3.05, 3.63) is 29.8 Å². The molecule has 1 heterocycles. The molecule has 0 N–H and O–H groups in total. The number of benzene rings is 1. The molecule has 0 radical (unpaired) electrons. The molecule has 0 spiro atoms. The largest absolute Gasteiger partial charge is 0.490 e. The lowest BCUT2D eigenvalue weighted by Crippen LogP contribution is -2.23. The number of thioether (sulfide) groups is 1. The van der Waals surface area contributed by atoms with Crippen molar-refractivity contribution in [2.45, 2.75) is 37.3 Å². The maximum atomic E-state index is 10.5. The van der Waals surface area contributed by atoms with Gasteiger partial charge in [-0.3, -0.25) is 0 Å². The van der Waals surface area contributed by atoms with E-state index >= 15 is 0 Å². The number of aliphatic imine (C=N–C) groups is 1. The SMILES string of the molecule is O=C=NC1(c2cccc(OC3CCCSC3)c2)CC1. The van der Waals surface area contributed by atoms with Gasteiger partial charge >= 0.3 is 0 Å². The normalized spacial score (nSPS) is 24.3. The summed E-state index contributed by atoms with van der Waals surface area (Å²) < 4.78 is 6.04. The molecule has 3 nitrogen and oxygen atoms in total. The lowest BCUT2D eigenvalue weighted by molar-refractivity contribution is 0.211. The Labute approximate surface area is 117 Å². The van der Waals surface area contributed by atoms with E-state index in [9.17, 15) is 4.79 Å². The number of nitrogens with zero attached hydrogens (tertiary/aromatic N) is 1. The minimum atomic E-state index is -0.303. The molecule has 1 saturated heterocycles. The second-order valence-electron chi connectivity index (χ2n) is 5.22. The van der Waals surface area contributed by atoms with Crippen LogP contribution in [0.25, 0.3) is 0 Å². The van der Waals surface area contributed by atoms with E-state index in [2.05, 4.69) is 4.99 Å². The van der Waals surface area contributed by atoms with Crippen molar-refractivity contribution in [1.29, 1.82) is 0 Å².